The minimum atomic E-state index is -1.05. The number of rotatable bonds is 3. The van der Waals surface area contributed by atoms with E-state index >= 15 is 0 Å². The van der Waals surface area contributed by atoms with Gasteiger partial charge in [-0.15, -0.1) is 0 Å². The van der Waals surface area contributed by atoms with Gasteiger partial charge in [0, 0.05) is 25.1 Å². The summed E-state index contributed by atoms with van der Waals surface area (Å²) in [5.74, 6) is -0.754. The van der Waals surface area contributed by atoms with Gasteiger partial charge in [0.1, 0.15) is 11.3 Å². The number of aryl methyl sites for hydroxylation is 1. The number of likely N-dealkylation sites (tertiary alicyclic amines) is 1. The van der Waals surface area contributed by atoms with Crippen LogP contribution in [-0.4, -0.2) is 34.5 Å². The van der Waals surface area contributed by atoms with Crippen LogP contribution in [0.4, 0.5) is 0 Å². The summed E-state index contributed by atoms with van der Waals surface area (Å²) in [7, 11) is 0. The van der Waals surface area contributed by atoms with E-state index in [1.165, 1.54) is 6.07 Å². The van der Waals surface area contributed by atoms with Crippen molar-refractivity contribution in [2.45, 2.75) is 53.0 Å². The summed E-state index contributed by atoms with van der Waals surface area (Å²) < 4.78 is 5.49. The van der Waals surface area contributed by atoms with Crippen molar-refractivity contribution in [3.8, 4) is 0 Å². The molecule has 1 aromatic heterocycles. The van der Waals surface area contributed by atoms with E-state index in [0.717, 1.165) is 12.8 Å². The lowest BCUT2D eigenvalue weighted by molar-refractivity contribution is 0.0592. The number of hydrogen-bond donors (Lipinski definition) is 1. The van der Waals surface area contributed by atoms with E-state index in [1.54, 1.807) is 0 Å². The Bertz CT molecular complexity index is 553. The molecule has 1 aromatic rings. The van der Waals surface area contributed by atoms with Gasteiger partial charge in [-0.3, -0.25) is 4.79 Å². The molecule has 0 aromatic carbocycles. The lowest BCUT2D eigenvalue weighted by Gasteiger charge is -2.34. The number of furan rings is 1. The van der Waals surface area contributed by atoms with Crippen molar-refractivity contribution in [2.75, 3.05) is 6.54 Å². The molecule has 5 heteroatoms. The zero-order chi connectivity index (χ0) is 15.8. The first-order valence-electron chi connectivity index (χ1n) is 7.42. The Morgan fingerprint density at radius 1 is 1.43 bits per heavy atom. The topological polar surface area (TPSA) is 70.8 Å². The summed E-state index contributed by atoms with van der Waals surface area (Å²) in [5.41, 5.74) is 0.0921. The molecule has 0 radical (unpaired) electrons. The van der Waals surface area contributed by atoms with Crippen molar-refractivity contribution in [1.82, 2.24) is 4.90 Å². The largest absolute Gasteiger partial charge is 0.478 e. The Labute approximate surface area is 124 Å². The Kier molecular flexibility index (Phi) is 4.12. The Morgan fingerprint density at radius 2 is 2.10 bits per heavy atom. The highest BCUT2D eigenvalue weighted by Gasteiger charge is 2.38. The van der Waals surface area contributed by atoms with Gasteiger partial charge in [0.25, 0.3) is 5.91 Å². The van der Waals surface area contributed by atoms with Crippen molar-refractivity contribution < 1.29 is 19.1 Å². The van der Waals surface area contributed by atoms with Crippen LogP contribution in [0.15, 0.2) is 10.5 Å². The van der Waals surface area contributed by atoms with Crippen LogP contribution < -0.4 is 0 Å². The van der Waals surface area contributed by atoms with Gasteiger partial charge in [-0.1, -0.05) is 27.7 Å². The van der Waals surface area contributed by atoms with Crippen molar-refractivity contribution >= 4 is 11.9 Å². The number of amides is 1. The summed E-state index contributed by atoms with van der Waals surface area (Å²) in [6.07, 6.45) is 2.40. The molecule has 0 saturated carbocycles. The zero-order valence-electron chi connectivity index (χ0n) is 13.1. The first-order valence-corrected chi connectivity index (χ1v) is 7.42. The van der Waals surface area contributed by atoms with E-state index in [4.69, 9.17) is 9.52 Å². The van der Waals surface area contributed by atoms with Gasteiger partial charge in [0.2, 0.25) is 0 Å². The molecular formula is C16H23NO4. The Balaban J connectivity index is 2.30. The van der Waals surface area contributed by atoms with Crippen LogP contribution in [0.2, 0.25) is 0 Å². The molecule has 0 aliphatic carbocycles. The third-order valence-corrected chi connectivity index (χ3v) is 4.08. The first kappa shape index (κ1) is 15.6. The minimum absolute atomic E-state index is 0.00195. The van der Waals surface area contributed by atoms with E-state index in [1.807, 2.05) is 11.8 Å². The fourth-order valence-electron chi connectivity index (χ4n) is 3.03. The molecule has 1 fully saturated rings. The zero-order valence-corrected chi connectivity index (χ0v) is 13.1. The number of carboxylic acids is 1. The van der Waals surface area contributed by atoms with Crippen molar-refractivity contribution in [3.63, 3.8) is 0 Å². The van der Waals surface area contributed by atoms with Crippen LogP contribution in [-0.2, 0) is 6.42 Å². The maximum absolute atomic E-state index is 12.6. The van der Waals surface area contributed by atoms with Crippen molar-refractivity contribution in [2.24, 2.45) is 5.41 Å². The van der Waals surface area contributed by atoms with E-state index in [-0.39, 0.29) is 28.7 Å². The highest BCUT2D eigenvalue weighted by atomic mass is 16.4. The van der Waals surface area contributed by atoms with Crippen LogP contribution in [0.3, 0.4) is 0 Å². The van der Waals surface area contributed by atoms with Gasteiger partial charge in [0.15, 0.2) is 5.76 Å². The summed E-state index contributed by atoms with van der Waals surface area (Å²) in [5, 5.41) is 9.15. The highest BCUT2D eigenvalue weighted by Crippen LogP contribution is 2.34. The molecule has 116 valence electrons. The maximum atomic E-state index is 12.6. The van der Waals surface area contributed by atoms with Gasteiger partial charge >= 0.3 is 5.97 Å². The van der Waals surface area contributed by atoms with E-state index in [2.05, 4.69) is 20.8 Å². The lowest BCUT2D eigenvalue weighted by Crippen LogP contribution is -2.42. The van der Waals surface area contributed by atoms with Gasteiger partial charge in [-0.2, -0.15) is 0 Å². The van der Waals surface area contributed by atoms with Gasteiger partial charge < -0.3 is 14.4 Å². The second-order valence-corrected chi connectivity index (χ2v) is 6.63. The molecular weight excluding hydrogens is 270 g/mol. The average Bonchev–Trinajstić information content (AvgIpc) is 3.03. The minimum Gasteiger partial charge on any atom is -0.478 e. The molecule has 1 N–H and O–H groups in total. The van der Waals surface area contributed by atoms with E-state index < -0.39 is 5.97 Å². The second-order valence-electron chi connectivity index (χ2n) is 6.63. The van der Waals surface area contributed by atoms with E-state index in [0.29, 0.717) is 18.7 Å². The number of carbonyl (C=O) groups excluding carboxylic acids is 1. The van der Waals surface area contributed by atoms with Crippen LogP contribution in [0.1, 0.15) is 67.2 Å². The molecule has 0 bridgehead atoms. The van der Waals surface area contributed by atoms with Crippen LogP contribution in [0, 0.1) is 5.41 Å². The van der Waals surface area contributed by atoms with Crippen molar-refractivity contribution in [3.05, 3.63) is 23.2 Å². The van der Waals surface area contributed by atoms with Gasteiger partial charge in [0.05, 0.1) is 0 Å². The molecule has 1 aliphatic heterocycles. The first-order chi connectivity index (χ1) is 9.75. The number of aromatic carboxylic acids is 1. The molecule has 2 rings (SSSR count). The third kappa shape index (κ3) is 2.96. The van der Waals surface area contributed by atoms with Crippen LogP contribution in [0.25, 0.3) is 0 Å². The molecule has 1 unspecified atom stereocenters. The van der Waals surface area contributed by atoms with E-state index in [9.17, 15) is 9.59 Å². The standard InChI is InChI=1S/C16H23NO4/c1-5-11-10(15(19)20)9-12(21-11)14(18)17-8-6-7-13(17)16(2,3)4/h9,13H,5-8H2,1-4H3,(H,19,20). The quantitative estimate of drug-likeness (QED) is 0.929. The Hall–Kier alpha value is -1.78. The predicted octanol–water partition coefficient (Wildman–Crippen LogP) is 3.19. The average molecular weight is 293 g/mol. The summed E-state index contributed by atoms with van der Waals surface area (Å²) in [4.78, 5) is 25.6. The molecule has 21 heavy (non-hydrogen) atoms. The number of carbonyl (C=O) groups is 2. The number of hydrogen-bond acceptors (Lipinski definition) is 3. The van der Waals surface area contributed by atoms with Gasteiger partial charge in [-0.25, -0.2) is 4.79 Å². The normalized spacial score (nSPS) is 19.0. The second kappa shape index (κ2) is 5.54. The van der Waals surface area contributed by atoms with Gasteiger partial charge in [-0.05, 0) is 18.3 Å². The predicted molar refractivity (Wildman–Crippen MR) is 78.6 cm³/mol. The summed E-state index contributed by atoms with van der Waals surface area (Å²) in [6, 6.07) is 1.52. The molecule has 1 saturated heterocycles. The van der Waals surface area contributed by atoms with Crippen molar-refractivity contribution in [1.29, 1.82) is 0 Å². The smallest absolute Gasteiger partial charge is 0.339 e. The van der Waals surface area contributed by atoms with Crippen LogP contribution in [0.5, 0.6) is 0 Å². The molecule has 2 heterocycles. The lowest BCUT2D eigenvalue weighted by atomic mass is 9.85. The highest BCUT2D eigenvalue weighted by molar-refractivity contribution is 5.96. The number of carboxylic acid groups (broad SMARTS) is 1. The summed E-state index contributed by atoms with van der Waals surface area (Å²) >= 11 is 0. The molecule has 5 nitrogen and oxygen atoms in total. The Morgan fingerprint density at radius 3 is 2.57 bits per heavy atom. The monoisotopic (exact) mass is 293 g/mol. The fraction of sp³-hybridized carbons (Fsp3) is 0.625. The third-order valence-electron chi connectivity index (χ3n) is 4.08. The summed E-state index contributed by atoms with van der Waals surface area (Å²) in [6.45, 7) is 8.86. The molecule has 0 spiro atoms. The maximum Gasteiger partial charge on any atom is 0.339 e. The molecule has 1 aliphatic rings. The molecule has 1 atom stereocenters. The fourth-order valence-corrected chi connectivity index (χ4v) is 3.03. The van der Waals surface area contributed by atoms with Crippen LogP contribution >= 0.6 is 0 Å². The SMILES string of the molecule is CCc1oc(C(=O)N2CCCC2C(C)(C)C)cc1C(=O)O. The molecule has 1 amide bonds. The number of nitrogens with zero attached hydrogens (tertiary/aromatic N) is 1.